The summed E-state index contributed by atoms with van der Waals surface area (Å²) in [7, 11) is 1.43. The fourth-order valence-electron chi connectivity index (χ4n) is 2.09. The van der Waals surface area contributed by atoms with Gasteiger partial charge in [-0.2, -0.15) is 0 Å². The molecule has 0 unspecified atom stereocenters. The zero-order chi connectivity index (χ0) is 14.0. The van der Waals surface area contributed by atoms with E-state index in [2.05, 4.69) is 5.27 Å². The van der Waals surface area contributed by atoms with Crippen LogP contribution in [0, 0.1) is 5.41 Å². The molecule has 0 spiro atoms. The topological polar surface area (TPSA) is 93.7 Å². The van der Waals surface area contributed by atoms with Crippen LogP contribution in [-0.2, 0) is 9.47 Å². The lowest BCUT2D eigenvalue weighted by molar-refractivity contribution is -0.644. The van der Waals surface area contributed by atoms with Crippen molar-refractivity contribution >= 4 is 11.7 Å². The quantitative estimate of drug-likeness (QED) is 0.701. The fourth-order valence-corrected chi connectivity index (χ4v) is 2.09. The van der Waals surface area contributed by atoms with Gasteiger partial charge in [0.1, 0.15) is 18.7 Å². The van der Waals surface area contributed by atoms with Crippen LogP contribution in [0.2, 0.25) is 0 Å². The Morgan fingerprint density at radius 1 is 1.63 bits per heavy atom. The molecule has 1 aromatic heterocycles. The minimum Gasteiger partial charge on any atom is -0.505 e. The maximum Gasteiger partial charge on any atom is 0.335 e. The third-order valence-electron chi connectivity index (χ3n) is 3.02. The summed E-state index contributed by atoms with van der Waals surface area (Å²) in [6, 6.07) is 0. The minimum absolute atomic E-state index is 0.117. The van der Waals surface area contributed by atoms with Crippen LogP contribution in [0.1, 0.15) is 18.6 Å². The molecule has 19 heavy (non-hydrogen) atoms. The summed E-state index contributed by atoms with van der Waals surface area (Å²) in [5, 5.41) is 11.4. The van der Waals surface area contributed by atoms with Crippen LogP contribution in [0.4, 0.5) is 5.82 Å². The number of hydrogen-bond acceptors (Lipinski definition) is 6. The van der Waals surface area contributed by atoms with E-state index in [1.165, 1.54) is 7.11 Å². The third kappa shape index (κ3) is 2.54. The molecule has 1 aliphatic rings. The second-order valence-electron chi connectivity index (χ2n) is 4.98. The summed E-state index contributed by atoms with van der Waals surface area (Å²) in [5.74, 6) is -0.0302. The molecule has 0 saturated carbocycles. The number of methoxy groups -OCH3 is 1. The average molecular weight is 270 g/mol. The SMILES string of the molecule is COCC(=O)[n+]1[n-]oc(=N)c1N1CCOCC1(C)C. The van der Waals surface area contributed by atoms with E-state index in [0.717, 1.165) is 4.68 Å². The van der Waals surface area contributed by atoms with Crippen LogP contribution in [0.5, 0.6) is 0 Å². The first-order chi connectivity index (χ1) is 8.97. The predicted molar refractivity (Wildman–Crippen MR) is 62.8 cm³/mol. The maximum absolute atomic E-state index is 11.9. The van der Waals surface area contributed by atoms with Crippen molar-refractivity contribution in [2.75, 3.05) is 38.4 Å². The summed E-state index contributed by atoms with van der Waals surface area (Å²) in [6.07, 6.45) is 0. The van der Waals surface area contributed by atoms with Gasteiger partial charge in [-0.1, -0.05) is 0 Å². The highest BCUT2D eigenvalue weighted by Gasteiger charge is 2.40. The van der Waals surface area contributed by atoms with E-state index >= 15 is 0 Å². The van der Waals surface area contributed by atoms with Crippen LogP contribution in [0.3, 0.4) is 0 Å². The van der Waals surface area contributed by atoms with Crippen LogP contribution < -0.4 is 20.4 Å². The Balaban J connectivity index is 2.41. The van der Waals surface area contributed by atoms with Gasteiger partial charge in [-0.05, 0) is 13.8 Å². The zero-order valence-electron chi connectivity index (χ0n) is 11.3. The van der Waals surface area contributed by atoms with Crippen LogP contribution in [0.15, 0.2) is 4.52 Å². The van der Waals surface area contributed by atoms with E-state index < -0.39 is 0 Å². The predicted octanol–water partition coefficient (Wildman–Crippen LogP) is -1.09. The zero-order valence-corrected chi connectivity index (χ0v) is 11.3. The van der Waals surface area contributed by atoms with Gasteiger partial charge in [0.05, 0.1) is 13.2 Å². The van der Waals surface area contributed by atoms with E-state index in [9.17, 15) is 4.79 Å². The van der Waals surface area contributed by atoms with Gasteiger partial charge in [0.25, 0.3) is 5.55 Å². The number of nitrogens with zero attached hydrogens (tertiary/aromatic N) is 3. The molecule has 1 N–H and O–H groups in total. The normalized spacial score (nSPS) is 18.6. The number of aromatic nitrogens is 2. The lowest BCUT2D eigenvalue weighted by atomic mass is 10.0. The smallest absolute Gasteiger partial charge is 0.335 e. The van der Waals surface area contributed by atoms with Crippen molar-refractivity contribution < 1.29 is 23.5 Å². The molecule has 8 heteroatoms. The van der Waals surface area contributed by atoms with Crippen molar-refractivity contribution in [1.29, 1.82) is 5.41 Å². The summed E-state index contributed by atoms with van der Waals surface area (Å²) in [4.78, 5) is 13.8. The molecule has 8 nitrogen and oxygen atoms in total. The number of rotatable bonds is 3. The Hall–Kier alpha value is -1.67. The maximum atomic E-state index is 11.9. The highest BCUT2D eigenvalue weighted by atomic mass is 16.5. The van der Waals surface area contributed by atoms with E-state index in [1.54, 1.807) is 0 Å². The third-order valence-corrected chi connectivity index (χ3v) is 3.02. The van der Waals surface area contributed by atoms with E-state index in [4.69, 9.17) is 19.4 Å². The Labute approximate surface area is 110 Å². The van der Waals surface area contributed by atoms with Gasteiger partial charge < -0.3 is 19.3 Å². The van der Waals surface area contributed by atoms with Crippen LogP contribution in [-0.4, -0.2) is 44.9 Å². The first kappa shape index (κ1) is 13.8. The molecule has 0 aromatic carbocycles. The van der Waals surface area contributed by atoms with Crippen molar-refractivity contribution in [2.45, 2.75) is 19.4 Å². The van der Waals surface area contributed by atoms with Gasteiger partial charge in [0.2, 0.25) is 0 Å². The Bertz CT molecular complexity index is 519. The lowest BCUT2D eigenvalue weighted by Gasteiger charge is -2.36. The molecule has 106 valence electrons. The summed E-state index contributed by atoms with van der Waals surface area (Å²) < 4.78 is 16.1. The van der Waals surface area contributed by atoms with E-state index in [1.807, 2.05) is 18.7 Å². The number of hydrogen-bond donors (Lipinski definition) is 1. The molecule has 1 fully saturated rings. The Kier molecular flexibility index (Phi) is 3.72. The van der Waals surface area contributed by atoms with Crippen molar-refractivity contribution in [2.24, 2.45) is 0 Å². The first-order valence-electron chi connectivity index (χ1n) is 5.98. The van der Waals surface area contributed by atoms with Crippen LogP contribution >= 0.6 is 0 Å². The standard InChI is InChI=1S/C11H18N4O4/c1-11(2)7-18-5-4-14(11)10-9(12)19-13-15(10)8(16)6-17-3/h12H,4-7H2,1-3H3. The Morgan fingerprint density at radius 2 is 2.37 bits per heavy atom. The van der Waals surface area contributed by atoms with Gasteiger partial charge in [0, 0.05) is 7.11 Å². The second kappa shape index (κ2) is 5.14. The highest BCUT2D eigenvalue weighted by molar-refractivity contribution is 5.69. The van der Waals surface area contributed by atoms with Gasteiger partial charge in [-0.3, -0.25) is 5.41 Å². The molecule has 1 aliphatic heterocycles. The van der Waals surface area contributed by atoms with Gasteiger partial charge >= 0.3 is 11.7 Å². The van der Waals surface area contributed by atoms with Crippen molar-refractivity contribution in [3.05, 3.63) is 5.55 Å². The van der Waals surface area contributed by atoms with Gasteiger partial charge in [0.15, 0.2) is 0 Å². The Morgan fingerprint density at radius 3 is 3.00 bits per heavy atom. The second-order valence-corrected chi connectivity index (χ2v) is 4.98. The molecule has 1 saturated heterocycles. The number of carbonyl (C=O) groups is 1. The average Bonchev–Trinajstić information content (AvgIpc) is 2.71. The molecule has 0 radical (unpaired) electrons. The van der Waals surface area contributed by atoms with Gasteiger partial charge in [-0.15, -0.1) is 0 Å². The first-order valence-corrected chi connectivity index (χ1v) is 5.98. The van der Waals surface area contributed by atoms with Gasteiger partial charge in [-0.25, -0.2) is 14.4 Å². The van der Waals surface area contributed by atoms with Crippen LogP contribution in [0.25, 0.3) is 0 Å². The summed E-state index contributed by atoms with van der Waals surface area (Å²) in [6.45, 7) is 5.45. The van der Waals surface area contributed by atoms with E-state index in [0.29, 0.717) is 25.6 Å². The molecule has 2 rings (SSSR count). The molecule has 1 aromatic rings. The monoisotopic (exact) mass is 270 g/mol. The lowest BCUT2D eigenvalue weighted by Crippen LogP contribution is -2.61. The molecular formula is C11H18N4O4. The van der Waals surface area contributed by atoms with E-state index in [-0.39, 0.29) is 23.6 Å². The minimum atomic E-state index is -0.373. The molecule has 0 atom stereocenters. The largest absolute Gasteiger partial charge is 0.505 e. The molecule has 0 bridgehead atoms. The van der Waals surface area contributed by atoms with Crippen molar-refractivity contribution in [3.63, 3.8) is 0 Å². The number of nitrogens with one attached hydrogen (secondary N) is 1. The summed E-state index contributed by atoms with van der Waals surface area (Å²) in [5.41, 5.74) is -0.478. The molecule has 2 heterocycles. The number of ether oxygens (including phenoxy) is 2. The number of carbonyl (C=O) groups excluding carboxylic acids is 1. The fraction of sp³-hybridized carbons (Fsp3) is 0.727. The number of anilines is 1. The van der Waals surface area contributed by atoms with Crippen molar-refractivity contribution in [1.82, 2.24) is 5.27 Å². The molecule has 0 amide bonds. The van der Waals surface area contributed by atoms with Crippen molar-refractivity contribution in [3.8, 4) is 0 Å². The summed E-state index contributed by atoms with van der Waals surface area (Å²) >= 11 is 0. The number of morpholine rings is 1. The molecule has 0 aliphatic carbocycles. The molecular weight excluding hydrogens is 252 g/mol. The highest BCUT2D eigenvalue weighted by Crippen LogP contribution is 2.21.